The first-order chi connectivity index (χ1) is 9.33. The van der Waals surface area contributed by atoms with Gasteiger partial charge in [-0.25, -0.2) is 9.97 Å². The van der Waals surface area contributed by atoms with Crippen LogP contribution in [0.3, 0.4) is 0 Å². The quantitative estimate of drug-likeness (QED) is 0.633. The number of hydrogen-bond acceptors (Lipinski definition) is 4. The zero-order valence-electron chi connectivity index (χ0n) is 10.3. The Morgan fingerprint density at radius 2 is 1.74 bits per heavy atom. The Balaban J connectivity index is 1.58. The minimum Gasteiger partial charge on any atom is -0.333 e. The first kappa shape index (κ1) is 12.2. The van der Waals surface area contributed by atoms with E-state index in [1.165, 1.54) is 22.9 Å². The molecule has 0 N–H and O–H groups in total. The van der Waals surface area contributed by atoms with Gasteiger partial charge in [0.15, 0.2) is 5.16 Å². The lowest BCUT2D eigenvalue weighted by atomic mass is 10.1. The van der Waals surface area contributed by atoms with Crippen LogP contribution in [0.2, 0.25) is 0 Å². The van der Waals surface area contributed by atoms with E-state index in [0.717, 1.165) is 0 Å². The summed E-state index contributed by atoms with van der Waals surface area (Å²) in [5.74, 6) is 0.520. The zero-order chi connectivity index (χ0) is 13.1. The van der Waals surface area contributed by atoms with E-state index < -0.39 is 0 Å². The molecule has 1 amide bonds. The molecule has 0 fully saturated rings. The predicted octanol–water partition coefficient (Wildman–Crippen LogP) is 2.11. The van der Waals surface area contributed by atoms with Crippen molar-refractivity contribution in [3.05, 3.63) is 53.9 Å². The predicted molar refractivity (Wildman–Crippen MR) is 73.5 cm³/mol. The fourth-order valence-electron chi connectivity index (χ4n) is 2.09. The highest BCUT2D eigenvalue weighted by Gasteiger charge is 2.22. The van der Waals surface area contributed by atoms with E-state index in [2.05, 4.69) is 22.1 Å². The molecule has 1 aliphatic rings. The topological polar surface area (TPSA) is 46.1 Å². The molecule has 0 saturated heterocycles. The smallest absolute Gasteiger partial charge is 0.233 e. The highest BCUT2D eigenvalue weighted by atomic mass is 32.2. The molecular formula is C14H13N3OS. The maximum Gasteiger partial charge on any atom is 0.233 e. The SMILES string of the molecule is O=C(CSc1ncccn1)N1Cc2ccccc2C1. The molecule has 0 bridgehead atoms. The molecule has 2 aromatic rings. The summed E-state index contributed by atoms with van der Waals surface area (Å²) in [6, 6.07) is 9.95. The summed E-state index contributed by atoms with van der Waals surface area (Å²) >= 11 is 1.38. The van der Waals surface area contributed by atoms with Gasteiger partial charge in [0.25, 0.3) is 0 Å². The van der Waals surface area contributed by atoms with Crippen molar-refractivity contribution in [2.24, 2.45) is 0 Å². The lowest BCUT2D eigenvalue weighted by Crippen LogP contribution is -2.27. The molecule has 19 heavy (non-hydrogen) atoms. The van der Waals surface area contributed by atoms with Gasteiger partial charge in [0, 0.05) is 25.5 Å². The van der Waals surface area contributed by atoms with Gasteiger partial charge in [0.1, 0.15) is 0 Å². The van der Waals surface area contributed by atoms with E-state index in [0.29, 0.717) is 24.0 Å². The number of carbonyl (C=O) groups is 1. The number of amides is 1. The van der Waals surface area contributed by atoms with Gasteiger partial charge < -0.3 is 4.90 Å². The maximum atomic E-state index is 12.1. The summed E-state index contributed by atoms with van der Waals surface area (Å²) in [5, 5.41) is 0.646. The summed E-state index contributed by atoms with van der Waals surface area (Å²) < 4.78 is 0. The number of fused-ring (bicyclic) bond motifs is 1. The number of hydrogen-bond donors (Lipinski definition) is 0. The number of nitrogens with zero attached hydrogens (tertiary/aromatic N) is 3. The highest BCUT2D eigenvalue weighted by molar-refractivity contribution is 7.99. The largest absolute Gasteiger partial charge is 0.333 e. The minimum absolute atomic E-state index is 0.133. The second kappa shape index (κ2) is 5.40. The molecule has 2 heterocycles. The lowest BCUT2D eigenvalue weighted by Gasteiger charge is -2.14. The number of carbonyl (C=O) groups excluding carboxylic acids is 1. The van der Waals surface area contributed by atoms with E-state index in [-0.39, 0.29) is 5.91 Å². The Morgan fingerprint density at radius 1 is 1.11 bits per heavy atom. The average molecular weight is 271 g/mol. The van der Waals surface area contributed by atoms with Gasteiger partial charge in [-0.15, -0.1) is 0 Å². The molecule has 0 spiro atoms. The Hall–Kier alpha value is -1.88. The highest BCUT2D eigenvalue weighted by Crippen LogP contribution is 2.23. The van der Waals surface area contributed by atoms with Crippen molar-refractivity contribution in [1.82, 2.24) is 14.9 Å². The Labute approximate surface area is 115 Å². The monoisotopic (exact) mass is 271 g/mol. The zero-order valence-corrected chi connectivity index (χ0v) is 11.1. The van der Waals surface area contributed by atoms with Crippen LogP contribution in [0.1, 0.15) is 11.1 Å². The van der Waals surface area contributed by atoms with Crippen LogP contribution in [0.15, 0.2) is 47.9 Å². The molecule has 3 rings (SSSR count). The number of thioether (sulfide) groups is 1. The van der Waals surface area contributed by atoms with Crippen molar-refractivity contribution in [3.8, 4) is 0 Å². The number of benzene rings is 1. The van der Waals surface area contributed by atoms with Gasteiger partial charge in [-0.3, -0.25) is 4.79 Å². The van der Waals surface area contributed by atoms with Gasteiger partial charge in [-0.05, 0) is 17.2 Å². The molecule has 5 heteroatoms. The molecule has 1 aromatic carbocycles. The molecule has 0 saturated carbocycles. The molecule has 0 aliphatic carbocycles. The standard InChI is InChI=1S/C14H13N3OS/c18-13(10-19-14-15-6-3-7-16-14)17-8-11-4-1-2-5-12(11)9-17/h1-7H,8-10H2. The van der Waals surface area contributed by atoms with Crippen LogP contribution in [0.4, 0.5) is 0 Å². The van der Waals surface area contributed by atoms with Gasteiger partial charge >= 0.3 is 0 Å². The fraction of sp³-hybridized carbons (Fsp3) is 0.214. The summed E-state index contributed by atoms with van der Waals surface area (Å²) in [4.78, 5) is 22.2. The first-order valence-electron chi connectivity index (χ1n) is 6.07. The van der Waals surface area contributed by atoms with Crippen molar-refractivity contribution in [3.63, 3.8) is 0 Å². The van der Waals surface area contributed by atoms with Crippen LogP contribution in [0.25, 0.3) is 0 Å². The summed E-state index contributed by atoms with van der Waals surface area (Å²) in [7, 11) is 0. The minimum atomic E-state index is 0.133. The van der Waals surface area contributed by atoms with E-state index in [1.807, 2.05) is 17.0 Å². The van der Waals surface area contributed by atoms with Gasteiger partial charge in [-0.2, -0.15) is 0 Å². The van der Waals surface area contributed by atoms with Crippen molar-refractivity contribution >= 4 is 17.7 Å². The third-order valence-corrected chi connectivity index (χ3v) is 3.92. The van der Waals surface area contributed by atoms with Crippen LogP contribution >= 0.6 is 11.8 Å². The van der Waals surface area contributed by atoms with Gasteiger partial charge in [-0.1, -0.05) is 36.0 Å². The number of rotatable bonds is 3. The van der Waals surface area contributed by atoms with Gasteiger partial charge in [0.05, 0.1) is 5.75 Å². The molecule has 1 aliphatic heterocycles. The Morgan fingerprint density at radius 3 is 2.37 bits per heavy atom. The average Bonchev–Trinajstić information content (AvgIpc) is 2.90. The Kier molecular flexibility index (Phi) is 3.46. The molecule has 4 nitrogen and oxygen atoms in total. The lowest BCUT2D eigenvalue weighted by molar-refractivity contribution is -0.128. The summed E-state index contributed by atoms with van der Waals surface area (Å²) in [6.07, 6.45) is 3.37. The van der Waals surface area contributed by atoms with E-state index >= 15 is 0 Å². The molecule has 0 atom stereocenters. The second-order valence-corrected chi connectivity index (χ2v) is 5.28. The van der Waals surface area contributed by atoms with Crippen LogP contribution in [-0.2, 0) is 17.9 Å². The third kappa shape index (κ3) is 2.76. The van der Waals surface area contributed by atoms with Crippen LogP contribution in [0, 0.1) is 0 Å². The fourth-order valence-corrected chi connectivity index (χ4v) is 2.79. The molecule has 1 aromatic heterocycles. The molecule has 0 unspecified atom stereocenters. The van der Waals surface area contributed by atoms with E-state index in [4.69, 9.17) is 0 Å². The summed E-state index contributed by atoms with van der Waals surface area (Å²) in [6.45, 7) is 1.43. The van der Waals surface area contributed by atoms with Crippen LogP contribution in [0.5, 0.6) is 0 Å². The molecule has 96 valence electrons. The number of aromatic nitrogens is 2. The third-order valence-electron chi connectivity index (χ3n) is 3.06. The first-order valence-corrected chi connectivity index (χ1v) is 7.06. The Bertz CT molecular complexity index is 563. The second-order valence-electron chi connectivity index (χ2n) is 4.34. The normalized spacial score (nSPS) is 13.4. The molecular weight excluding hydrogens is 258 g/mol. The van der Waals surface area contributed by atoms with Crippen molar-refractivity contribution in [2.75, 3.05) is 5.75 Å². The van der Waals surface area contributed by atoms with Crippen LogP contribution in [-0.4, -0.2) is 26.5 Å². The maximum absolute atomic E-state index is 12.1. The summed E-state index contributed by atoms with van der Waals surface area (Å²) in [5.41, 5.74) is 2.49. The van der Waals surface area contributed by atoms with Crippen molar-refractivity contribution in [2.45, 2.75) is 18.2 Å². The van der Waals surface area contributed by atoms with Crippen molar-refractivity contribution in [1.29, 1.82) is 0 Å². The van der Waals surface area contributed by atoms with E-state index in [9.17, 15) is 4.79 Å². The van der Waals surface area contributed by atoms with Gasteiger partial charge in [0.2, 0.25) is 5.91 Å². The van der Waals surface area contributed by atoms with Crippen molar-refractivity contribution < 1.29 is 4.79 Å². The van der Waals surface area contributed by atoms with Crippen LogP contribution < -0.4 is 0 Å². The van der Waals surface area contributed by atoms with E-state index in [1.54, 1.807) is 18.5 Å². The molecule has 0 radical (unpaired) electrons.